The minimum Gasteiger partial charge on any atom is -0.383 e. The third-order valence-electron chi connectivity index (χ3n) is 2.73. The Morgan fingerprint density at radius 2 is 2.50 bits per heavy atom. The lowest BCUT2D eigenvalue weighted by Crippen LogP contribution is -2.37. The second-order valence-electron chi connectivity index (χ2n) is 4.04. The normalized spacial score (nSPS) is 33.2. The highest BCUT2D eigenvalue weighted by molar-refractivity contribution is 5.11. The number of rotatable bonds is 1. The first-order chi connectivity index (χ1) is 6.60. The number of aromatic nitrogens is 2. The molecule has 4 heteroatoms. The van der Waals surface area contributed by atoms with Gasteiger partial charge >= 0.3 is 0 Å². The van der Waals surface area contributed by atoms with Crippen LogP contribution in [0.1, 0.15) is 25.5 Å². The van der Waals surface area contributed by atoms with E-state index in [1.54, 1.807) is 4.68 Å². The summed E-state index contributed by atoms with van der Waals surface area (Å²) in [6.07, 6.45) is 3.22. The molecule has 0 aliphatic carbocycles. The third kappa shape index (κ3) is 1.67. The molecule has 0 aromatic carbocycles. The maximum absolute atomic E-state index is 10.4. The fourth-order valence-electron chi connectivity index (χ4n) is 1.96. The zero-order valence-corrected chi connectivity index (χ0v) is 8.60. The second kappa shape index (κ2) is 3.37. The van der Waals surface area contributed by atoms with Crippen LogP contribution in [0.4, 0.5) is 0 Å². The van der Waals surface area contributed by atoms with E-state index in [2.05, 4.69) is 5.10 Å². The van der Waals surface area contributed by atoms with Crippen molar-refractivity contribution in [3.63, 3.8) is 0 Å². The van der Waals surface area contributed by atoms with Crippen LogP contribution >= 0.6 is 0 Å². The Kier molecular flexibility index (Phi) is 2.33. The van der Waals surface area contributed by atoms with Gasteiger partial charge in [0.25, 0.3) is 0 Å². The standard InChI is InChI=1S/C10H16N2O2/c1-8-7-10(13,4-6-14-8)9-3-5-12(2)11-9/h3,5,8,13H,4,6-7H2,1-2H3. The second-order valence-corrected chi connectivity index (χ2v) is 4.04. The molecule has 0 saturated carbocycles. The fraction of sp³-hybridized carbons (Fsp3) is 0.700. The molecule has 1 fully saturated rings. The van der Waals surface area contributed by atoms with Crippen LogP contribution in [0.25, 0.3) is 0 Å². The Bertz CT molecular complexity index is 324. The number of hydrogen-bond acceptors (Lipinski definition) is 3. The van der Waals surface area contributed by atoms with Crippen molar-refractivity contribution in [1.82, 2.24) is 9.78 Å². The molecule has 1 saturated heterocycles. The van der Waals surface area contributed by atoms with E-state index in [-0.39, 0.29) is 6.10 Å². The first kappa shape index (κ1) is 9.68. The molecule has 2 atom stereocenters. The zero-order valence-electron chi connectivity index (χ0n) is 8.60. The summed E-state index contributed by atoms with van der Waals surface area (Å²) in [4.78, 5) is 0. The van der Waals surface area contributed by atoms with Crippen LogP contribution in [0.3, 0.4) is 0 Å². The molecule has 2 unspecified atom stereocenters. The molecule has 14 heavy (non-hydrogen) atoms. The summed E-state index contributed by atoms with van der Waals surface area (Å²) in [5.74, 6) is 0. The van der Waals surface area contributed by atoms with Gasteiger partial charge in [-0.3, -0.25) is 4.68 Å². The van der Waals surface area contributed by atoms with Crippen molar-refractivity contribution in [2.45, 2.75) is 31.5 Å². The van der Waals surface area contributed by atoms with Crippen molar-refractivity contribution in [3.05, 3.63) is 18.0 Å². The van der Waals surface area contributed by atoms with E-state index >= 15 is 0 Å². The molecule has 0 amide bonds. The predicted molar refractivity (Wildman–Crippen MR) is 51.8 cm³/mol. The highest BCUT2D eigenvalue weighted by atomic mass is 16.5. The summed E-state index contributed by atoms with van der Waals surface area (Å²) in [6.45, 7) is 2.58. The topological polar surface area (TPSA) is 47.3 Å². The lowest BCUT2D eigenvalue weighted by molar-refractivity contribution is -0.104. The van der Waals surface area contributed by atoms with E-state index in [0.717, 1.165) is 5.69 Å². The van der Waals surface area contributed by atoms with Gasteiger partial charge in [0.15, 0.2) is 0 Å². The van der Waals surface area contributed by atoms with E-state index in [1.807, 2.05) is 26.2 Å². The van der Waals surface area contributed by atoms with Crippen molar-refractivity contribution in [2.75, 3.05) is 6.61 Å². The number of nitrogens with zero attached hydrogens (tertiary/aromatic N) is 2. The fourth-order valence-corrected chi connectivity index (χ4v) is 1.96. The number of hydrogen-bond donors (Lipinski definition) is 1. The molecule has 1 aliphatic heterocycles. The first-order valence-electron chi connectivity index (χ1n) is 4.94. The average Bonchev–Trinajstić information content (AvgIpc) is 2.52. The molecule has 1 N–H and O–H groups in total. The van der Waals surface area contributed by atoms with Gasteiger partial charge in [0, 0.05) is 26.1 Å². The maximum Gasteiger partial charge on any atom is 0.113 e. The molecule has 2 rings (SSSR count). The summed E-state index contributed by atoms with van der Waals surface area (Å²) >= 11 is 0. The molecule has 1 aromatic rings. The van der Waals surface area contributed by atoms with Crippen LogP contribution in [-0.2, 0) is 17.4 Å². The maximum atomic E-state index is 10.4. The van der Waals surface area contributed by atoms with Gasteiger partial charge in [-0.15, -0.1) is 0 Å². The van der Waals surface area contributed by atoms with Crippen LogP contribution in [0.5, 0.6) is 0 Å². The number of aliphatic hydroxyl groups is 1. The van der Waals surface area contributed by atoms with Crippen molar-refractivity contribution in [2.24, 2.45) is 7.05 Å². The van der Waals surface area contributed by atoms with Crippen LogP contribution in [0.2, 0.25) is 0 Å². The highest BCUT2D eigenvalue weighted by Crippen LogP contribution is 2.33. The van der Waals surface area contributed by atoms with Gasteiger partial charge in [0.2, 0.25) is 0 Å². The van der Waals surface area contributed by atoms with E-state index in [9.17, 15) is 5.11 Å². The van der Waals surface area contributed by atoms with E-state index < -0.39 is 5.60 Å². The lowest BCUT2D eigenvalue weighted by atomic mass is 9.88. The Morgan fingerprint density at radius 3 is 3.07 bits per heavy atom. The number of ether oxygens (including phenoxy) is 1. The van der Waals surface area contributed by atoms with Gasteiger partial charge in [-0.2, -0.15) is 5.10 Å². The van der Waals surface area contributed by atoms with E-state index in [0.29, 0.717) is 19.4 Å². The molecule has 0 spiro atoms. The molecular weight excluding hydrogens is 180 g/mol. The van der Waals surface area contributed by atoms with Gasteiger partial charge in [-0.1, -0.05) is 0 Å². The summed E-state index contributed by atoms with van der Waals surface area (Å²) in [6, 6.07) is 1.87. The minimum absolute atomic E-state index is 0.107. The largest absolute Gasteiger partial charge is 0.383 e. The lowest BCUT2D eigenvalue weighted by Gasteiger charge is -2.34. The Morgan fingerprint density at radius 1 is 1.71 bits per heavy atom. The molecule has 0 radical (unpaired) electrons. The molecule has 0 bridgehead atoms. The van der Waals surface area contributed by atoms with Gasteiger partial charge in [-0.05, 0) is 13.0 Å². The van der Waals surface area contributed by atoms with Crippen LogP contribution in [-0.4, -0.2) is 27.6 Å². The SMILES string of the molecule is CC1CC(O)(c2ccn(C)n2)CCO1. The first-order valence-corrected chi connectivity index (χ1v) is 4.94. The van der Waals surface area contributed by atoms with Crippen LogP contribution in [0.15, 0.2) is 12.3 Å². The van der Waals surface area contributed by atoms with Crippen molar-refractivity contribution < 1.29 is 9.84 Å². The number of aryl methyl sites for hydroxylation is 1. The predicted octanol–water partition coefficient (Wildman–Crippen LogP) is 0.807. The highest BCUT2D eigenvalue weighted by Gasteiger charge is 2.36. The van der Waals surface area contributed by atoms with Crippen molar-refractivity contribution in [3.8, 4) is 0 Å². The minimum atomic E-state index is -0.793. The third-order valence-corrected chi connectivity index (χ3v) is 2.73. The van der Waals surface area contributed by atoms with E-state index in [1.165, 1.54) is 0 Å². The van der Waals surface area contributed by atoms with Crippen LogP contribution in [0, 0.1) is 0 Å². The Balaban J connectivity index is 2.22. The zero-order chi connectivity index (χ0) is 10.2. The molecule has 2 heterocycles. The van der Waals surface area contributed by atoms with Crippen molar-refractivity contribution >= 4 is 0 Å². The molecule has 4 nitrogen and oxygen atoms in total. The van der Waals surface area contributed by atoms with Gasteiger partial charge in [0.05, 0.1) is 18.4 Å². The summed E-state index contributed by atoms with van der Waals surface area (Å²) in [7, 11) is 1.86. The average molecular weight is 196 g/mol. The monoisotopic (exact) mass is 196 g/mol. The van der Waals surface area contributed by atoms with Crippen molar-refractivity contribution in [1.29, 1.82) is 0 Å². The molecule has 1 aromatic heterocycles. The van der Waals surface area contributed by atoms with E-state index in [4.69, 9.17) is 4.74 Å². The summed E-state index contributed by atoms with van der Waals surface area (Å²) in [5, 5.41) is 14.6. The molecule has 78 valence electrons. The van der Waals surface area contributed by atoms with Crippen LogP contribution < -0.4 is 0 Å². The Labute approximate surface area is 83.5 Å². The smallest absolute Gasteiger partial charge is 0.113 e. The van der Waals surface area contributed by atoms with Gasteiger partial charge in [0.1, 0.15) is 5.60 Å². The molecular formula is C10H16N2O2. The summed E-state index contributed by atoms with van der Waals surface area (Å²) in [5.41, 5.74) is -0.0333. The van der Waals surface area contributed by atoms with Gasteiger partial charge in [-0.25, -0.2) is 0 Å². The van der Waals surface area contributed by atoms with Gasteiger partial charge < -0.3 is 9.84 Å². The Hall–Kier alpha value is -0.870. The molecule has 1 aliphatic rings. The quantitative estimate of drug-likeness (QED) is 0.723. The summed E-state index contributed by atoms with van der Waals surface area (Å²) < 4.78 is 7.12.